The third-order valence-corrected chi connectivity index (χ3v) is 6.15. The zero-order valence-electron chi connectivity index (χ0n) is 33.8. The molecule has 0 aromatic heterocycles. The Morgan fingerprint density at radius 2 is 0.500 bits per heavy atom. The van der Waals surface area contributed by atoms with Gasteiger partial charge in [-0.05, 0) is 104 Å². The van der Waals surface area contributed by atoms with Crippen molar-refractivity contribution < 1.29 is 72.5 Å². The van der Waals surface area contributed by atoms with Crippen LogP contribution in [-0.2, 0) is 57.2 Å². The fourth-order valence-electron chi connectivity index (χ4n) is 4.11. The van der Waals surface area contributed by atoms with Gasteiger partial charge in [0.25, 0.3) is 0 Å². The van der Waals surface area contributed by atoms with Crippen LogP contribution in [0.2, 0.25) is 0 Å². The summed E-state index contributed by atoms with van der Waals surface area (Å²) in [6.45, 7) is 25.5. The Balaban J connectivity index is -0.000000329. The fourth-order valence-corrected chi connectivity index (χ4v) is 4.11. The zero-order valence-corrected chi connectivity index (χ0v) is 34.9. The van der Waals surface area contributed by atoms with Gasteiger partial charge in [-0.3, -0.25) is 14.4 Å². The first-order valence-corrected chi connectivity index (χ1v) is 17.3. The second kappa shape index (κ2) is 30.1. The van der Waals surface area contributed by atoms with Crippen molar-refractivity contribution in [2.45, 2.75) is 179 Å². The number of rotatable bonds is 24. The predicted octanol–water partition coefficient (Wildman–Crippen LogP) is 1.14. The van der Waals surface area contributed by atoms with E-state index in [1.165, 1.54) is 20.8 Å². The van der Waals surface area contributed by atoms with Crippen molar-refractivity contribution in [3.05, 3.63) is 0 Å². The van der Waals surface area contributed by atoms with E-state index < -0.39 is 71.9 Å². The molecule has 0 N–H and O–H groups in total. The molecular weight excluding hydrogens is 699 g/mol. The van der Waals surface area contributed by atoms with Crippen LogP contribution in [0.4, 0.5) is 0 Å². The summed E-state index contributed by atoms with van der Waals surface area (Å²) >= 11 is 0. The van der Waals surface area contributed by atoms with Crippen LogP contribution in [0.25, 0.3) is 0 Å². The Bertz CT molecular complexity index is 842. The van der Waals surface area contributed by atoms with Crippen LogP contribution in [-0.4, -0.2) is 108 Å². The molecule has 0 rings (SSSR count). The van der Waals surface area contributed by atoms with E-state index in [1.807, 2.05) is 83.1 Å². The molecule has 0 aromatic rings. The van der Waals surface area contributed by atoms with Crippen molar-refractivity contribution in [1.29, 1.82) is 0 Å². The summed E-state index contributed by atoms with van der Waals surface area (Å²) < 4.78 is 32.6. The van der Waals surface area contributed by atoms with Gasteiger partial charge in [0.1, 0.15) is 17.3 Å². The number of carbonyl (C=O) groups is 6. The maximum absolute atomic E-state index is 11.2. The number of carbonyl (C=O) groups excluding carboxylic acids is 6. The van der Waals surface area contributed by atoms with Gasteiger partial charge in [-0.2, -0.15) is 0 Å². The van der Waals surface area contributed by atoms with E-state index in [1.54, 1.807) is 0 Å². The molecule has 0 spiro atoms. The maximum Gasteiger partial charge on any atom is 3.00 e. The molecule has 16 heteroatoms. The van der Waals surface area contributed by atoms with Gasteiger partial charge in [0.2, 0.25) is 0 Å². The van der Waals surface area contributed by atoms with Crippen LogP contribution < -0.4 is 15.3 Å². The maximum atomic E-state index is 11.2. The van der Waals surface area contributed by atoms with Crippen molar-refractivity contribution in [2.75, 3.05) is 0 Å². The van der Waals surface area contributed by atoms with E-state index in [-0.39, 0.29) is 73.2 Å². The molecule has 300 valence electrons. The Hall–Kier alpha value is -2.29. The van der Waals surface area contributed by atoms with Crippen molar-refractivity contribution in [3.8, 4) is 0 Å². The number of carboxylic acid groups (broad SMARTS) is 3. The molecule has 0 aliphatic heterocycles. The van der Waals surface area contributed by atoms with E-state index in [0.717, 1.165) is 0 Å². The number of hydrogen-bond acceptors (Lipinski definition) is 15. The van der Waals surface area contributed by atoms with E-state index >= 15 is 0 Å². The van der Waals surface area contributed by atoms with Crippen molar-refractivity contribution >= 4 is 52.6 Å². The Morgan fingerprint density at radius 1 is 0.365 bits per heavy atom. The van der Waals surface area contributed by atoms with Crippen LogP contribution >= 0.6 is 0 Å². The fraction of sp³-hybridized carbons (Fsp3) is 0.833. The Labute approximate surface area is 320 Å². The van der Waals surface area contributed by atoms with Crippen molar-refractivity contribution in [2.24, 2.45) is 17.8 Å². The van der Waals surface area contributed by atoms with Crippen molar-refractivity contribution in [1.82, 2.24) is 0 Å². The number of aliphatic carboxylic acids is 3. The smallest absolute Gasteiger partial charge is 0.549 e. The largest absolute Gasteiger partial charge is 3.00 e. The Kier molecular flexibility index (Phi) is 32.7. The predicted molar refractivity (Wildman–Crippen MR) is 186 cm³/mol. The average molecular weight is 763 g/mol. The second-order valence-electron chi connectivity index (χ2n) is 13.6. The minimum atomic E-state index is -1.39. The van der Waals surface area contributed by atoms with Gasteiger partial charge in [-0.15, -0.1) is 0 Å². The normalized spacial score (nSPS) is 13.2. The minimum Gasteiger partial charge on any atom is -0.549 e. The third-order valence-electron chi connectivity index (χ3n) is 6.15. The summed E-state index contributed by atoms with van der Waals surface area (Å²) in [6, 6.07) is 0. The molecule has 15 nitrogen and oxygen atoms in total. The van der Waals surface area contributed by atoms with Crippen molar-refractivity contribution in [3.63, 3.8) is 0 Å². The van der Waals surface area contributed by atoms with Crippen LogP contribution in [0.1, 0.15) is 123 Å². The van der Waals surface area contributed by atoms with Gasteiger partial charge in [-0.25, -0.2) is 0 Å². The van der Waals surface area contributed by atoms with Crippen LogP contribution in [0, 0.1) is 17.8 Å². The van der Waals surface area contributed by atoms with Gasteiger partial charge >= 0.3 is 17.4 Å². The van der Waals surface area contributed by atoms with Gasteiger partial charge in [-0.1, -0.05) is 0 Å². The molecule has 0 saturated heterocycles. The summed E-state index contributed by atoms with van der Waals surface area (Å²) in [5, 5.41) is 32.4. The van der Waals surface area contributed by atoms with Gasteiger partial charge in [0, 0.05) is 19.3 Å². The average Bonchev–Trinajstić information content (AvgIpc) is 2.90. The second-order valence-corrected chi connectivity index (χ2v) is 13.6. The summed E-state index contributed by atoms with van der Waals surface area (Å²) in [7, 11) is 0. The molecule has 0 aliphatic rings. The molecule has 0 radical (unpaired) electrons. The van der Waals surface area contributed by atoms with Crippen LogP contribution in [0.5, 0.6) is 0 Å². The summed E-state index contributed by atoms with van der Waals surface area (Å²) in [4.78, 5) is 65.9. The SMILES string of the molecule is CC(=O)C(CC(OC(C)C)OC(C)C)C(=O)[O-].CC(=O)C(CC(OC(C)C)OC(C)C)C(=O)[O-].CC(=O)C(CC(OC(C)C)OC(C)C)C(=O)[O-].[Al+3]. The monoisotopic (exact) mass is 762 g/mol. The molecule has 0 heterocycles. The molecule has 3 atom stereocenters. The first-order valence-electron chi connectivity index (χ1n) is 17.3. The number of ether oxygens (including phenoxy) is 6. The molecule has 0 aromatic carbocycles. The molecule has 52 heavy (non-hydrogen) atoms. The number of Topliss-reactive ketones (excluding diaryl/α,β-unsaturated/α-hetero) is 3. The molecular formula is C36H63AlO15. The topological polar surface area (TPSA) is 227 Å². The molecule has 0 saturated carbocycles. The van der Waals surface area contributed by atoms with Gasteiger partial charge < -0.3 is 58.1 Å². The molecule has 3 unspecified atom stereocenters. The minimum absolute atomic E-state index is 0. The van der Waals surface area contributed by atoms with Crippen LogP contribution in [0.3, 0.4) is 0 Å². The standard InChI is InChI=1S/3C12H22O5.Al/c3*1-7(2)16-11(17-8(3)4)6-10(9(5)13)12(14)15;/h3*7-8,10-11H,6H2,1-5H3,(H,14,15);/q;;;+3/p-3. The molecule has 0 aliphatic carbocycles. The van der Waals surface area contributed by atoms with E-state index in [9.17, 15) is 44.1 Å². The molecule has 0 fully saturated rings. The van der Waals surface area contributed by atoms with Gasteiger partial charge in [0.15, 0.2) is 18.9 Å². The Morgan fingerprint density at radius 3 is 0.577 bits per heavy atom. The van der Waals surface area contributed by atoms with E-state index in [2.05, 4.69) is 0 Å². The summed E-state index contributed by atoms with van der Waals surface area (Å²) in [5.41, 5.74) is 0. The molecule has 0 bridgehead atoms. The first-order chi connectivity index (χ1) is 23.2. The summed E-state index contributed by atoms with van der Waals surface area (Å²) in [6.07, 6.45) is -2.80. The first kappa shape index (κ1) is 56.5. The third kappa shape index (κ3) is 31.3. The number of ketones is 3. The van der Waals surface area contributed by atoms with Gasteiger partial charge in [0.05, 0.1) is 72.3 Å². The number of hydrogen-bond donors (Lipinski definition) is 0. The molecule has 0 amide bonds. The van der Waals surface area contributed by atoms with E-state index in [4.69, 9.17) is 28.4 Å². The van der Waals surface area contributed by atoms with E-state index in [0.29, 0.717) is 0 Å². The quantitative estimate of drug-likeness (QED) is 0.0763. The summed E-state index contributed by atoms with van der Waals surface area (Å²) in [5.74, 6) is -9.06. The zero-order chi connectivity index (χ0) is 40.8. The number of carboxylic acids is 3. The van der Waals surface area contributed by atoms with Crippen LogP contribution in [0.15, 0.2) is 0 Å².